The van der Waals surface area contributed by atoms with E-state index in [0.717, 1.165) is 5.33 Å². The highest BCUT2D eigenvalue weighted by molar-refractivity contribution is 9.09. The standard InChI is InChI=1S/C19H31Br/c1-3-4-5-6-7-8-9-10-13-19(16-20)18-14-11-12-17(2)15-18/h11-12,14-15,19H,3-10,13,16H2,1-2H3. The highest BCUT2D eigenvalue weighted by Crippen LogP contribution is 2.25. The largest absolute Gasteiger partial charge is 0.0921 e. The molecule has 1 aromatic carbocycles. The summed E-state index contributed by atoms with van der Waals surface area (Å²) in [7, 11) is 0. The van der Waals surface area contributed by atoms with Gasteiger partial charge in [0.25, 0.3) is 0 Å². The third-order valence-electron chi connectivity index (χ3n) is 4.11. The molecule has 0 N–H and O–H groups in total. The molecule has 0 heterocycles. The van der Waals surface area contributed by atoms with Gasteiger partial charge in [-0.05, 0) is 24.8 Å². The first-order chi connectivity index (χ1) is 9.77. The van der Waals surface area contributed by atoms with E-state index in [-0.39, 0.29) is 0 Å². The van der Waals surface area contributed by atoms with Crippen molar-refractivity contribution >= 4 is 15.9 Å². The molecule has 0 aliphatic rings. The molecule has 0 bridgehead atoms. The second kappa shape index (κ2) is 11.4. The number of rotatable bonds is 11. The predicted molar refractivity (Wildman–Crippen MR) is 94.9 cm³/mol. The van der Waals surface area contributed by atoms with E-state index in [1.807, 2.05) is 0 Å². The molecule has 0 amide bonds. The van der Waals surface area contributed by atoms with Crippen LogP contribution in [0.5, 0.6) is 0 Å². The minimum Gasteiger partial charge on any atom is -0.0921 e. The fourth-order valence-corrected chi connectivity index (χ4v) is 3.48. The van der Waals surface area contributed by atoms with Crippen LogP contribution in [-0.2, 0) is 0 Å². The Balaban J connectivity index is 2.16. The van der Waals surface area contributed by atoms with E-state index >= 15 is 0 Å². The molecule has 0 saturated heterocycles. The van der Waals surface area contributed by atoms with Gasteiger partial charge >= 0.3 is 0 Å². The number of aryl methyl sites for hydroxylation is 1. The van der Waals surface area contributed by atoms with E-state index in [1.54, 1.807) is 0 Å². The van der Waals surface area contributed by atoms with Crippen LogP contribution in [0, 0.1) is 6.92 Å². The van der Waals surface area contributed by atoms with Crippen molar-refractivity contribution in [2.75, 3.05) is 5.33 Å². The fraction of sp³-hybridized carbons (Fsp3) is 0.684. The highest BCUT2D eigenvalue weighted by Gasteiger charge is 2.09. The van der Waals surface area contributed by atoms with Gasteiger partial charge in [0.1, 0.15) is 0 Å². The number of alkyl halides is 1. The van der Waals surface area contributed by atoms with Gasteiger partial charge in [-0.15, -0.1) is 0 Å². The SMILES string of the molecule is CCCCCCCCCCC(CBr)c1cccc(C)c1. The van der Waals surface area contributed by atoms with Gasteiger partial charge in [0.05, 0.1) is 0 Å². The molecule has 1 aromatic rings. The van der Waals surface area contributed by atoms with E-state index in [2.05, 4.69) is 54.0 Å². The molecule has 1 rings (SSSR count). The molecule has 0 aliphatic heterocycles. The molecule has 0 nitrogen and oxygen atoms in total. The number of hydrogen-bond donors (Lipinski definition) is 0. The van der Waals surface area contributed by atoms with Crippen molar-refractivity contribution < 1.29 is 0 Å². The van der Waals surface area contributed by atoms with Crippen molar-refractivity contribution in [3.8, 4) is 0 Å². The Morgan fingerprint density at radius 2 is 1.60 bits per heavy atom. The Kier molecular flexibility index (Phi) is 10.1. The van der Waals surface area contributed by atoms with Crippen LogP contribution in [0.25, 0.3) is 0 Å². The Morgan fingerprint density at radius 1 is 0.950 bits per heavy atom. The third-order valence-corrected chi connectivity index (χ3v) is 4.89. The summed E-state index contributed by atoms with van der Waals surface area (Å²) in [6.45, 7) is 4.47. The topological polar surface area (TPSA) is 0 Å². The van der Waals surface area contributed by atoms with Gasteiger partial charge < -0.3 is 0 Å². The lowest BCUT2D eigenvalue weighted by molar-refractivity contribution is 0.546. The van der Waals surface area contributed by atoms with Crippen LogP contribution < -0.4 is 0 Å². The molecule has 0 spiro atoms. The average molecular weight is 339 g/mol. The molecule has 1 heteroatoms. The Morgan fingerprint density at radius 3 is 2.20 bits per heavy atom. The quantitative estimate of drug-likeness (QED) is 0.301. The fourth-order valence-electron chi connectivity index (χ4n) is 2.78. The van der Waals surface area contributed by atoms with Gasteiger partial charge in [0.15, 0.2) is 0 Å². The normalized spacial score (nSPS) is 12.6. The van der Waals surface area contributed by atoms with Crippen LogP contribution in [0.4, 0.5) is 0 Å². The van der Waals surface area contributed by atoms with E-state index in [9.17, 15) is 0 Å². The summed E-state index contributed by atoms with van der Waals surface area (Å²) >= 11 is 3.69. The van der Waals surface area contributed by atoms with Gasteiger partial charge in [0, 0.05) is 5.33 Å². The number of benzene rings is 1. The van der Waals surface area contributed by atoms with Crippen molar-refractivity contribution in [1.82, 2.24) is 0 Å². The molecule has 0 saturated carbocycles. The number of halogens is 1. The maximum atomic E-state index is 3.69. The molecule has 0 aromatic heterocycles. The van der Waals surface area contributed by atoms with Crippen LogP contribution in [0.3, 0.4) is 0 Å². The molecular weight excluding hydrogens is 308 g/mol. The van der Waals surface area contributed by atoms with E-state index in [4.69, 9.17) is 0 Å². The predicted octanol–water partition coefficient (Wildman–Crippen LogP) is 7.00. The molecule has 1 atom stereocenters. The summed E-state index contributed by atoms with van der Waals surface area (Å²) in [5.41, 5.74) is 2.88. The van der Waals surface area contributed by atoms with Crippen molar-refractivity contribution in [2.45, 2.75) is 77.6 Å². The molecule has 0 aliphatic carbocycles. The van der Waals surface area contributed by atoms with Crippen molar-refractivity contribution in [3.05, 3.63) is 35.4 Å². The van der Waals surface area contributed by atoms with Crippen LogP contribution in [-0.4, -0.2) is 5.33 Å². The van der Waals surface area contributed by atoms with Gasteiger partial charge in [-0.2, -0.15) is 0 Å². The number of unbranched alkanes of at least 4 members (excludes halogenated alkanes) is 7. The van der Waals surface area contributed by atoms with Gasteiger partial charge in [0.2, 0.25) is 0 Å². The van der Waals surface area contributed by atoms with Crippen LogP contribution >= 0.6 is 15.9 Å². The van der Waals surface area contributed by atoms with E-state index in [0.29, 0.717) is 5.92 Å². The zero-order valence-corrected chi connectivity index (χ0v) is 14.9. The molecule has 114 valence electrons. The maximum Gasteiger partial charge on any atom is 0.0100 e. The van der Waals surface area contributed by atoms with E-state index in [1.165, 1.54) is 68.9 Å². The molecule has 1 unspecified atom stereocenters. The first-order valence-corrected chi connectivity index (χ1v) is 9.52. The highest BCUT2D eigenvalue weighted by atomic mass is 79.9. The zero-order valence-electron chi connectivity index (χ0n) is 13.3. The summed E-state index contributed by atoms with van der Waals surface area (Å²) < 4.78 is 0. The summed E-state index contributed by atoms with van der Waals surface area (Å²) in [5, 5.41) is 1.09. The summed E-state index contributed by atoms with van der Waals surface area (Å²) in [6.07, 6.45) is 12.6. The number of hydrogen-bond acceptors (Lipinski definition) is 0. The Labute approximate surface area is 134 Å². The first-order valence-electron chi connectivity index (χ1n) is 8.40. The second-order valence-electron chi connectivity index (χ2n) is 6.03. The summed E-state index contributed by atoms with van der Waals surface area (Å²) in [4.78, 5) is 0. The zero-order chi connectivity index (χ0) is 14.6. The summed E-state index contributed by atoms with van der Waals surface area (Å²) in [6, 6.07) is 9.00. The van der Waals surface area contributed by atoms with Crippen molar-refractivity contribution in [1.29, 1.82) is 0 Å². The van der Waals surface area contributed by atoms with E-state index < -0.39 is 0 Å². The monoisotopic (exact) mass is 338 g/mol. The van der Waals surface area contributed by atoms with Gasteiger partial charge in [-0.3, -0.25) is 0 Å². The minimum absolute atomic E-state index is 0.690. The molecule has 20 heavy (non-hydrogen) atoms. The first kappa shape index (κ1) is 17.8. The molecule has 0 fully saturated rings. The van der Waals surface area contributed by atoms with Crippen LogP contribution in [0.2, 0.25) is 0 Å². The lowest BCUT2D eigenvalue weighted by Gasteiger charge is -2.15. The molecule has 0 radical (unpaired) electrons. The van der Waals surface area contributed by atoms with Gasteiger partial charge in [-0.25, -0.2) is 0 Å². The lowest BCUT2D eigenvalue weighted by Crippen LogP contribution is -2.00. The van der Waals surface area contributed by atoms with Crippen LogP contribution in [0.15, 0.2) is 24.3 Å². The average Bonchev–Trinajstić information content (AvgIpc) is 2.46. The second-order valence-corrected chi connectivity index (χ2v) is 6.68. The third kappa shape index (κ3) is 7.47. The Hall–Kier alpha value is -0.300. The van der Waals surface area contributed by atoms with Crippen molar-refractivity contribution in [2.24, 2.45) is 0 Å². The summed E-state index contributed by atoms with van der Waals surface area (Å²) in [5.74, 6) is 0.690. The maximum absolute atomic E-state index is 3.69. The molecular formula is C19H31Br. The lowest BCUT2D eigenvalue weighted by atomic mass is 9.93. The van der Waals surface area contributed by atoms with Gasteiger partial charge in [-0.1, -0.05) is 104 Å². The smallest absolute Gasteiger partial charge is 0.0100 e. The minimum atomic E-state index is 0.690. The van der Waals surface area contributed by atoms with Crippen molar-refractivity contribution in [3.63, 3.8) is 0 Å². The Bertz CT molecular complexity index is 345. The van der Waals surface area contributed by atoms with Crippen LogP contribution in [0.1, 0.15) is 81.8 Å².